The van der Waals surface area contributed by atoms with Crippen molar-refractivity contribution in [1.82, 2.24) is 26.2 Å². The van der Waals surface area contributed by atoms with E-state index in [1.165, 1.54) is 19.3 Å². The van der Waals surface area contributed by atoms with Gasteiger partial charge in [0.25, 0.3) is 0 Å². The lowest BCUT2D eigenvalue weighted by Crippen LogP contribution is -2.44. The highest BCUT2D eigenvalue weighted by molar-refractivity contribution is 8.25. The first-order chi connectivity index (χ1) is 27.6. The highest BCUT2D eigenvalue weighted by atomic mass is 32.3. The molecule has 0 aromatic rings. The molecule has 0 amide bonds. The Morgan fingerprint density at radius 2 is 1.14 bits per heavy atom. The predicted octanol–water partition coefficient (Wildman–Crippen LogP) is 1.19. The van der Waals surface area contributed by atoms with Crippen molar-refractivity contribution >= 4 is 19.4 Å². The lowest BCUT2D eigenvalue weighted by Gasteiger charge is -2.39. The van der Waals surface area contributed by atoms with E-state index in [0.29, 0.717) is 89.2 Å². The average molecular weight is 866 g/mol. The van der Waals surface area contributed by atoms with Gasteiger partial charge < -0.3 is 68.8 Å². The summed E-state index contributed by atoms with van der Waals surface area (Å²) in [7, 11) is 5.34. The Hall–Kier alpha value is -0.113. The molecule has 0 aromatic heterocycles. The van der Waals surface area contributed by atoms with Gasteiger partial charge in [-0.3, -0.25) is 13.3 Å². The fraction of sp³-hybridized carbons (Fsp3) is 1.00. The van der Waals surface area contributed by atoms with Crippen LogP contribution in [0.25, 0.3) is 0 Å². The summed E-state index contributed by atoms with van der Waals surface area (Å²) in [6.45, 7) is 14.3. The monoisotopic (exact) mass is 866 g/mol. The zero-order chi connectivity index (χ0) is 42.5. The van der Waals surface area contributed by atoms with Gasteiger partial charge in [-0.2, -0.15) is 10.6 Å². The Balaban J connectivity index is 4.42. The molecule has 17 nitrogen and oxygen atoms in total. The Morgan fingerprint density at radius 3 is 1.70 bits per heavy atom. The molecule has 0 aliphatic carbocycles. The van der Waals surface area contributed by atoms with Gasteiger partial charge >= 0.3 is 8.80 Å². The molecule has 0 bridgehead atoms. The van der Waals surface area contributed by atoms with E-state index in [4.69, 9.17) is 40.6 Å². The van der Waals surface area contributed by atoms with E-state index >= 15 is 0 Å². The molecule has 0 saturated carbocycles. The molecule has 0 radical (unpaired) electrons. The van der Waals surface area contributed by atoms with Crippen LogP contribution in [0.15, 0.2) is 0 Å². The number of aliphatic hydroxyl groups excluding tert-OH is 3. The maximum absolute atomic E-state index is 10.8. The minimum Gasteiger partial charge on any atom is -0.389 e. The maximum Gasteiger partial charge on any atom is 0.500 e. The van der Waals surface area contributed by atoms with Gasteiger partial charge in [0.2, 0.25) is 0 Å². The van der Waals surface area contributed by atoms with Crippen LogP contribution >= 0.6 is 10.6 Å². The van der Waals surface area contributed by atoms with Crippen molar-refractivity contribution in [3.05, 3.63) is 0 Å². The molecule has 0 aliphatic rings. The molecule has 0 spiro atoms. The molecule has 0 saturated heterocycles. The lowest BCUT2D eigenvalue weighted by molar-refractivity contribution is 0.0138. The largest absolute Gasteiger partial charge is 0.500 e. The van der Waals surface area contributed by atoms with Crippen LogP contribution in [-0.4, -0.2) is 213 Å². The molecule has 4 atom stereocenters. The van der Waals surface area contributed by atoms with Gasteiger partial charge in [0.1, 0.15) is 5.94 Å². The molecule has 346 valence electrons. The zero-order valence-corrected chi connectivity index (χ0v) is 38.9. The van der Waals surface area contributed by atoms with Crippen molar-refractivity contribution in [2.45, 2.75) is 76.7 Å². The van der Waals surface area contributed by atoms with Gasteiger partial charge in [-0.25, -0.2) is 0 Å². The summed E-state index contributed by atoms with van der Waals surface area (Å²) in [6.07, 6.45) is 4.34. The standard InChI is InChI=1S/C38H87N5O12SSi/c1-9-11-14-35(10-2)30-55-32-37(45)28-42-20-22-43(29-38(46)33-54-24-13-26-57(50-6,51-7)52-8)21-19-40-16-15-39-17-18-41-27-36(44)31-53-23-12-25-56(48-4,49-5)34-47-3/h35-42,44-46H,9-34H2,1-8H3. The third-order valence-corrected chi connectivity index (χ3v) is 15.1. The number of ether oxygens (including phenoxy) is 4. The number of hydrogen-bond acceptors (Lipinski definition) is 17. The fourth-order valence-electron chi connectivity index (χ4n) is 5.98. The summed E-state index contributed by atoms with van der Waals surface area (Å²) in [5.41, 5.74) is 0. The Labute approximate surface area is 349 Å². The summed E-state index contributed by atoms with van der Waals surface area (Å²) >= 11 is 0. The van der Waals surface area contributed by atoms with Crippen LogP contribution in [-0.2, 0) is 40.6 Å². The van der Waals surface area contributed by atoms with Crippen molar-refractivity contribution in [3.63, 3.8) is 0 Å². The summed E-state index contributed by atoms with van der Waals surface area (Å²) in [5, 5.41) is 45.0. The maximum atomic E-state index is 10.8. The predicted molar refractivity (Wildman–Crippen MR) is 231 cm³/mol. The number of methoxy groups -OCH3 is 1. The number of nitrogens with zero attached hydrogens (tertiary/aromatic N) is 1. The topological polar surface area (TPSA) is 195 Å². The SMILES string of the molecule is CCCCC(CC)COCC(O)CNCCN(CCNCCNCCNCC(O)COCCCS(COC)(OC)OC)CC(O)COCCC[Si](OC)(OC)OC. The van der Waals surface area contributed by atoms with Gasteiger partial charge in [-0.15, -0.1) is 0 Å². The summed E-state index contributed by atoms with van der Waals surface area (Å²) < 4.78 is 50.0. The number of hydrogen-bond donors (Lipinski definition) is 7. The molecular weight excluding hydrogens is 779 g/mol. The van der Waals surface area contributed by atoms with E-state index < -0.39 is 37.7 Å². The number of unbranched alkanes of at least 4 members (excludes halogenated alkanes) is 1. The third kappa shape index (κ3) is 30.5. The van der Waals surface area contributed by atoms with Crippen LogP contribution in [0.4, 0.5) is 0 Å². The summed E-state index contributed by atoms with van der Waals surface area (Å²) in [4.78, 5) is 2.20. The second kappa shape index (κ2) is 38.8. The van der Waals surface area contributed by atoms with Gasteiger partial charge in [0.15, 0.2) is 0 Å². The molecular formula is C38H87N5O12SSi. The highest BCUT2D eigenvalue weighted by Gasteiger charge is 2.36. The van der Waals surface area contributed by atoms with Crippen molar-refractivity contribution in [2.75, 3.05) is 166 Å². The molecule has 0 rings (SSSR count). The number of nitrogens with one attached hydrogen (secondary N) is 4. The molecule has 0 aliphatic heterocycles. The molecule has 0 heterocycles. The first kappa shape index (κ1) is 56.9. The summed E-state index contributed by atoms with van der Waals surface area (Å²) in [6, 6.07) is 0.638. The minimum absolute atomic E-state index is 0.230. The van der Waals surface area contributed by atoms with E-state index in [9.17, 15) is 15.3 Å². The first-order valence-corrected chi connectivity index (χ1v) is 24.7. The van der Waals surface area contributed by atoms with Crippen molar-refractivity contribution in [1.29, 1.82) is 0 Å². The van der Waals surface area contributed by atoms with E-state index in [2.05, 4.69) is 40.0 Å². The first-order valence-electron chi connectivity index (χ1n) is 21.0. The van der Waals surface area contributed by atoms with E-state index in [-0.39, 0.29) is 13.2 Å². The lowest BCUT2D eigenvalue weighted by atomic mass is 10.0. The van der Waals surface area contributed by atoms with Gasteiger partial charge in [0.05, 0.1) is 52.4 Å². The zero-order valence-electron chi connectivity index (χ0n) is 37.1. The van der Waals surface area contributed by atoms with Crippen LogP contribution in [0.5, 0.6) is 0 Å². The number of rotatable bonds is 45. The van der Waals surface area contributed by atoms with Crippen molar-refractivity contribution in [3.8, 4) is 0 Å². The van der Waals surface area contributed by atoms with Crippen molar-refractivity contribution in [2.24, 2.45) is 5.92 Å². The van der Waals surface area contributed by atoms with E-state index in [1.54, 1.807) is 42.7 Å². The van der Waals surface area contributed by atoms with E-state index in [1.807, 2.05) is 0 Å². The Kier molecular flexibility index (Phi) is 38.7. The molecule has 4 unspecified atom stereocenters. The molecule has 7 N–H and O–H groups in total. The second-order valence-electron chi connectivity index (χ2n) is 14.2. The molecule has 57 heavy (non-hydrogen) atoms. The quantitative estimate of drug-likeness (QED) is 0.0341. The molecule has 19 heteroatoms. The normalized spacial score (nSPS) is 15.0. The Morgan fingerprint density at radius 1 is 0.614 bits per heavy atom. The molecule has 0 fully saturated rings. The van der Waals surface area contributed by atoms with E-state index in [0.717, 1.165) is 52.1 Å². The van der Waals surface area contributed by atoms with Crippen LogP contribution < -0.4 is 21.3 Å². The smallest absolute Gasteiger partial charge is 0.389 e. The van der Waals surface area contributed by atoms with Gasteiger partial charge in [-0.05, 0) is 25.2 Å². The average Bonchev–Trinajstić information content (AvgIpc) is 3.22. The van der Waals surface area contributed by atoms with Crippen LogP contribution in [0.1, 0.15) is 52.4 Å². The fourth-order valence-corrected chi connectivity index (χ4v) is 9.37. The van der Waals surface area contributed by atoms with Crippen LogP contribution in [0.2, 0.25) is 6.04 Å². The highest BCUT2D eigenvalue weighted by Crippen LogP contribution is 2.49. The third-order valence-electron chi connectivity index (χ3n) is 9.58. The second-order valence-corrected chi connectivity index (χ2v) is 20.1. The van der Waals surface area contributed by atoms with Gasteiger partial charge in [0, 0.05) is 132 Å². The number of aliphatic hydroxyl groups is 3. The summed E-state index contributed by atoms with van der Waals surface area (Å²) in [5.74, 6) is 1.68. The van der Waals surface area contributed by atoms with Gasteiger partial charge in [-0.1, -0.05) is 33.1 Å². The van der Waals surface area contributed by atoms with Crippen LogP contribution in [0, 0.1) is 5.92 Å². The Bertz CT molecular complexity index is 856. The minimum atomic E-state index is -2.64. The van der Waals surface area contributed by atoms with Crippen molar-refractivity contribution < 1.29 is 55.9 Å². The molecule has 0 aromatic carbocycles. The van der Waals surface area contributed by atoms with Crippen LogP contribution in [0.3, 0.4) is 0 Å².